The van der Waals surface area contributed by atoms with Crippen LogP contribution < -0.4 is 5.32 Å². The molecule has 4 aliphatic rings. The van der Waals surface area contributed by atoms with E-state index in [0.717, 1.165) is 44.1 Å². The van der Waals surface area contributed by atoms with Crippen LogP contribution in [0.1, 0.15) is 95.8 Å². The maximum Gasteiger partial charge on any atom is 0.411 e. The second-order valence-corrected chi connectivity index (χ2v) is 13.6. The van der Waals surface area contributed by atoms with E-state index in [4.69, 9.17) is 14.2 Å². The largest absolute Gasteiger partial charge is 0.469 e. The predicted molar refractivity (Wildman–Crippen MR) is 161 cm³/mol. The van der Waals surface area contributed by atoms with Crippen molar-refractivity contribution in [3.05, 3.63) is 47.2 Å². The number of rotatable bonds is 8. The summed E-state index contributed by atoms with van der Waals surface area (Å²) in [5.74, 6) is 0.330. The number of hydrogen-bond donors (Lipinski definition) is 1. The van der Waals surface area contributed by atoms with Gasteiger partial charge in [-0.05, 0) is 111 Å². The Balaban J connectivity index is 1.45. The zero-order valence-corrected chi connectivity index (χ0v) is 26.3. The second-order valence-electron chi connectivity index (χ2n) is 13.6. The molecule has 0 aromatic heterocycles. The average molecular weight is 594 g/mol. The summed E-state index contributed by atoms with van der Waals surface area (Å²) in [5.41, 5.74) is 1.14. The van der Waals surface area contributed by atoms with E-state index in [1.54, 1.807) is 19.1 Å². The summed E-state index contributed by atoms with van der Waals surface area (Å²) in [5, 5.41) is 2.96. The van der Waals surface area contributed by atoms with E-state index >= 15 is 0 Å². The number of ether oxygens (including phenoxy) is 3. The van der Waals surface area contributed by atoms with Crippen molar-refractivity contribution in [2.45, 2.75) is 91.6 Å². The van der Waals surface area contributed by atoms with Crippen molar-refractivity contribution < 1.29 is 33.4 Å². The van der Waals surface area contributed by atoms with E-state index in [9.17, 15) is 19.2 Å². The van der Waals surface area contributed by atoms with Gasteiger partial charge in [0.15, 0.2) is 5.78 Å². The molecule has 0 unspecified atom stereocenters. The molecule has 0 heterocycles. The van der Waals surface area contributed by atoms with Gasteiger partial charge in [0.1, 0.15) is 6.10 Å². The number of ketones is 1. The summed E-state index contributed by atoms with van der Waals surface area (Å²) < 4.78 is 16.2. The van der Waals surface area contributed by atoms with Crippen LogP contribution in [0, 0.1) is 40.4 Å². The van der Waals surface area contributed by atoms with Crippen molar-refractivity contribution in [2.75, 3.05) is 13.7 Å². The van der Waals surface area contributed by atoms with Crippen LogP contribution in [0.3, 0.4) is 0 Å². The molecule has 0 radical (unpaired) electrons. The van der Waals surface area contributed by atoms with Crippen molar-refractivity contribution in [1.29, 1.82) is 0 Å². The first-order chi connectivity index (χ1) is 20.5. The monoisotopic (exact) mass is 593 g/mol. The molecule has 3 fully saturated rings. The maximum absolute atomic E-state index is 14.7. The number of esters is 2. The number of hydrogen-bond acceptors (Lipinski definition) is 7. The van der Waals surface area contributed by atoms with E-state index in [1.807, 2.05) is 18.2 Å². The molecule has 0 aliphatic heterocycles. The number of allylic oxidation sites excluding steroid dienone is 2. The Kier molecular flexibility index (Phi) is 9.05. The van der Waals surface area contributed by atoms with E-state index < -0.39 is 11.5 Å². The highest BCUT2D eigenvalue weighted by Crippen LogP contribution is 2.66. The number of fused-ring (bicyclic) bond motifs is 5. The van der Waals surface area contributed by atoms with Crippen molar-refractivity contribution in [3.8, 4) is 0 Å². The fourth-order valence-electron chi connectivity index (χ4n) is 9.37. The zero-order valence-electron chi connectivity index (χ0n) is 26.3. The molecular weight excluding hydrogens is 546 g/mol. The molecule has 4 aliphatic carbocycles. The number of carbonyl (C=O) groups is 4. The van der Waals surface area contributed by atoms with Crippen LogP contribution in [0.5, 0.6) is 0 Å². The molecule has 0 saturated heterocycles. The van der Waals surface area contributed by atoms with Gasteiger partial charge in [0.25, 0.3) is 0 Å². The lowest BCUT2D eigenvalue weighted by Gasteiger charge is -2.57. The van der Waals surface area contributed by atoms with Crippen molar-refractivity contribution in [1.82, 2.24) is 5.32 Å². The van der Waals surface area contributed by atoms with Gasteiger partial charge >= 0.3 is 18.0 Å². The van der Waals surface area contributed by atoms with Crippen LogP contribution >= 0.6 is 0 Å². The van der Waals surface area contributed by atoms with Gasteiger partial charge in [-0.1, -0.05) is 39.0 Å². The highest BCUT2D eigenvalue weighted by molar-refractivity contribution is 6.04. The number of benzene rings is 1. The van der Waals surface area contributed by atoms with Crippen LogP contribution in [0.25, 0.3) is 0 Å². The van der Waals surface area contributed by atoms with Gasteiger partial charge in [0.2, 0.25) is 0 Å². The van der Waals surface area contributed by atoms with E-state index in [-0.39, 0.29) is 65.4 Å². The summed E-state index contributed by atoms with van der Waals surface area (Å²) in [4.78, 5) is 52.4. The van der Waals surface area contributed by atoms with Gasteiger partial charge in [0, 0.05) is 11.8 Å². The Bertz CT molecular complexity index is 1270. The molecule has 43 heavy (non-hydrogen) atoms. The molecule has 8 heteroatoms. The van der Waals surface area contributed by atoms with Crippen LogP contribution in [-0.2, 0) is 23.8 Å². The summed E-state index contributed by atoms with van der Waals surface area (Å²) in [6.07, 6.45) is 6.23. The third-order valence-electron chi connectivity index (χ3n) is 11.6. The molecule has 1 N–H and O–H groups in total. The fourth-order valence-corrected chi connectivity index (χ4v) is 9.37. The Morgan fingerprint density at radius 2 is 1.79 bits per heavy atom. The number of carbonyl (C=O) groups excluding carboxylic acids is 4. The second kappa shape index (κ2) is 12.4. The molecule has 1 aromatic rings. The van der Waals surface area contributed by atoms with Gasteiger partial charge in [0.05, 0.1) is 25.0 Å². The number of methoxy groups -OCH3 is 1. The maximum atomic E-state index is 14.7. The van der Waals surface area contributed by atoms with Gasteiger partial charge in [-0.15, -0.1) is 0 Å². The first-order valence-corrected chi connectivity index (χ1v) is 16.1. The molecule has 0 spiro atoms. The van der Waals surface area contributed by atoms with Gasteiger partial charge in [-0.2, -0.15) is 0 Å². The van der Waals surface area contributed by atoms with Crippen LogP contribution in [0.4, 0.5) is 4.79 Å². The molecule has 1 amide bonds. The fraction of sp³-hybridized carbons (Fsp3) is 0.657. The number of nitrogens with one attached hydrogen (secondary N) is 1. The van der Waals surface area contributed by atoms with Crippen molar-refractivity contribution >= 4 is 23.8 Å². The first-order valence-electron chi connectivity index (χ1n) is 16.1. The minimum Gasteiger partial charge on any atom is -0.469 e. The predicted octanol–water partition coefficient (Wildman–Crippen LogP) is 6.63. The van der Waals surface area contributed by atoms with Gasteiger partial charge in [-0.25, -0.2) is 9.59 Å². The molecule has 1 aromatic carbocycles. The lowest BCUT2D eigenvalue weighted by Crippen LogP contribution is -2.56. The summed E-state index contributed by atoms with van der Waals surface area (Å²) in [6, 6.07) is 9.09. The molecule has 0 bridgehead atoms. The smallest absolute Gasteiger partial charge is 0.411 e. The Morgan fingerprint density at radius 3 is 2.49 bits per heavy atom. The third-order valence-corrected chi connectivity index (χ3v) is 11.6. The quantitative estimate of drug-likeness (QED) is 0.266. The van der Waals surface area contributed by atoms with E-state index in [0.29, 0.717) is 30.5 Å². The van der Waals surface area contributed by atoms with Crippen LogP contribution in [0.15, 0.2) is 41.6 Å². The SMILES string of the molecule is CCOC(=O)NC1=C2[C@@H](CC[C@@H]3C[C@H](OC(=O)c4ccccc4)CC[C@]23C)[C@@H]2CC[C@H]([C@H](C)CCC(=O)OC)[C@@]2(C)C1=O. The van der Waals surface area contributed by atoms with Gasteiger partial charge in [-0.3, -0.25) is 14.9 Å². The average Bonchev–Trinajstić information content (AvgIpc) is 3.36. The molecule has 8 nitrogen and oxygen atoms in total. The third kappa shape index (κ3) is 5.62. The molecule has 234 valence electrons. The minimum absolute atomic E-state index is 0.00345. The highest BCUT2D eigenvalue weighted by atomic mass is 16.5. The molecule has 3 saturated carbocycles. The first kappa shape index (κ1) is 31.3. The topological polar surface area (TPSA) is 108 Å². The molecular formula is C35H47NO7. The summed E-state index contributed by atoms with van der Waals surface area (Å²) >= 11 is 0. The highest BCUT2D eigenvalue weighted by Gasteiger charge is 2.63. The standard InChI is InChI=1S/C35H47NO7/c1-6-42-33(40)36-30-29-25(27-16-15-26(35(27,4)31(30)38)21(2)12-17-28(37)41-5)14-13-23-20-24(18-19-34(23,29)3)43-32(39)22-10-8-7-9-11-22/h7-11,21,23-27H,6,12-20H2,1-5H3,(H,36,40)/t21-,23-,24-,25+,26-,27+,34+,35-/m1/s1. The van der Waals surface area contributed by atoms with E-state index in [2.05, 4.69) is 26.1 Å². The Hall–Kier alpha value is -3.16. The van der Waals surface area contributed by atoms with Crippen molar-refractivity contribution in [3.63, 3.8) is 0 Å². The Labute approximate surface area is 255 Å². The molecule has 5 rings (SSSR count). The van der Waals surface area contributed by atoms with Crippen molar-refractivity contribution in [2.24, 2.45) is 40.4 Å². The lowest BCUT2D eigenvalue weighted by molar-refractivity contribution is -0.141. The van der Waals surface area contributed by atoms with Crippen LogP contribution in [0.2, 0.25) is 0 Å². The summed E-state index contributed by atoms with van der Waals surface area (Å²) in [6.45, 7) is 8.47. The minimum atomic E-state index is -0.635. The van der Waals surface area contributed by atoms with Gasteiger partial charge < -0.3 is 14.2 Å². The lowest BCUT2D eigenvalue weighted by atomic mass is 9.47. The molecule has 8 atom stereocenters. The zero-order chi connectivity index (χ0) is 30.9. The Morgan fingerprint density at radius 1 is 1.05 bits per heavy atom. The summed E-state index contributed by atoms with van der Waals surface area (Å²) in [7, 11) is 1.40. The van der Waals surface area contributed by atoms with E-state index in [1.165, 1.54) is 7.11 Å². The number of amides is 1. The number of alkyl carbamates (subject to hydrolysis) is 1. The van der Waals surface area contributed by atoms with Crippen LogP contribution in [-0.4, -0.2) is 43.6 Å². The number of Topliss-reactive ketones (excluding diaryl/α,β-unsaturated/α-hetero) is 1. The normalized spacial score (nSPS) is 33.9.